The number of nitrogens with one attached hydrogen (secondary N) is 2. The Hall–Kier alpha value is -3.94. The Morgan fingerprint density at radius 2 is 1.77 bits per heavy atom. The van der Waals surface area contributed by atoms with Crippen molar-refractivity contribution in [2.24, 2.45) is 0 Å². The van der Waals surface area contributed by atoms with E-state index >= 15 is 0 Å². The molecule has 0 aliphatic rings. The van der Waals surface area contributed by atoms with E-state index in [0.717, 1.165) is 23.4 Å². The first-order valence-electron chi connectivity index (χ1n) is 9.93. The van der Waals surface area contributed by atoms with Crippen molar-refractivity contribution in [3.8, 4) is 5.75 Å². The molecule has 0 saturated carbocycles. The molecule has 0 unspecified atom stereocenters. The molecule has 3 rings (SSSR count). The summed E-state index contributed by atoms with van der Waals surface area (Å²) in [6.07, 6.45) is 1.47. The highest BCUT2D eigenvalue weighted by atomic mass is 16.7. The third kappa shape index (κ3) is 6.02. The van der Waals surface area contributed by atoms with E-state index < -0.39 is 6.16 Å². The normalized spacial score (nSPS) is 10.3. The summed E-state index contributed by atoms with van der Waals surface area (Å²) in [5.74, 6) is 0.703. The number of carbonyl (C=O) groups is 2. The number of aryl methyl sites for hydroxylation is 2. The van der Waals surface area contributed by atoms with Gasteiger partial charge in [0, 0.05) is 28.7 Å². The molecule has 0 aliphatic heterocycles. The molecule has 2 N–H and O–H groups in total. The van der Waals surface area contributed by atoms with Gasteiger partial charge in [-0.3, -0.25) is 4.79 Å². The topological polar surface area (TPSA) is 102 Å². The summed E-state index contributed by atoms with van der Waals surface area (Å²) < 4.78 is 9.75. The lowest BCUT2D eigenvalue weighted by Gasteiger charge is -2.13. The number of carbonyl (C=O) groups excluding carboxylic acids is 2. The van der Waals surface area contributed by atoms with E-state index in [1.807, 2.05) is 38.1 Å². The number of ether oxygens (including phenoxy) is 2. The zero-order chi connectivity index (χ0) is 22.2. The van der Waals surface area contributed by atoms with Crippen molar-refractivity contribution in [3.63, 3.8) is 0 Å². The largest absolute Gasteiger partial charge is 0.513 e. The molecule has 3 aromatic rings. The number of amides is 1. The number of rotatable bonds is 7. The van der Waals surface area contributed by atoms with Crippen LogP contribution in [0, 0.1) is 6.92 Å². The van der Waals surface area contributed by atoms with Gasteiger partial charge < -0.3 is 20.1 Å². The maximum atomic E-state index is 12.7. The molecule has 1 heterocycles. The fourth-order valence-electron chi connectivity index (χ4n) is 2.86. The van der Waals surface area contributed by atoms with Crippen LogP contribution in [0.4, 0.5) is 22.0 Å². The van der Waals surface area contributed by atoms with Crippen LogP contribution in [0.1, 0.15) is 35.5 Å². The SMILES string of the molecule is CCOC(=O)Oc1ccc(C(=O)Nc2cc(Nc3cc(C)ncn3)ccc2CC)cc1. The minimum atomic E-state index is -0.782. The Morgan fingerprint density at radius 1 is 1.00 bits per heavy atom. The lowest BCUT2D eigenvalue weighted by molar-refractivity contribution is 0.102. The fraction of sp³-hybridized carbons (Fsp3) is 0.217. The average molecular weight is 420 g/mol. The minimum Gasteiger partial charge on any atom is -0.434 e. The van der Waals surface area contributed by atoms with Crippen molar-refractivity contribution in [2.75, 3.05) is 17.2 Å². The third-order valence-corrected chi connectivity index (χ3v) is 4.40. The second-order valence-electron chi connectivity index (χ2n) is 6.66. The Balaban J connectivity index is 1.73. The van der Waals surface area contributed by atoms with Crippen LogP contribution in [-0.2, 0) is 11.2 Å². The van der Waals surface area contributed by atoms with Gasteiger partial charge in [0.2, 0.25) is 0 Å². The molecular formula is C23H24N4O4. The summed E-state index contributed by atoms with van der Waals surface area (Å²) in [6.45, 7) is 5.83. The van der Waals surface area contributed by atoms with E-state index in [1.54, 1.807) is 31.2 Å². The van der Waals surface area contributed by atoms with Crippen molar-refractivity contribution in [2.45, 2.75) is 27.2 Å². The Morgan fingerprint density at radius 3 is 2.45 bits per heavy atom. The summed E-state index contributed by atoms with van der Waals surface area (Å²) in [7, 11) is 0. The first kappa shape index (κ1) is 21.8. The highest BCUT2D eigenvalue weighted by molar-refractivity contribution is 6.05. The molecule has 31 heavy (non-hydrogen) atoms. The summed E-state index contributed by atoms with van der Waals surface area (Å²) >= 11 is 0. The number of benzene rings is 2. The van der Waals surface area contributed by atoms with Gasteiger partial charge >= 0.3 is 6.16 Å². The van der Waals surface area contributed by atoms with Crippen LogP contribution in [0.15, 0.2) is 54.9 Å². The van der Waals surface area contributed by atoms with Crippen LogP contribution in [0.2, 0.25) is 0 Å². The lowest BCUT2D eigenvalue weighted by atomic mass is 10.1. The molecule has 0 spiro atoms. The molecule has 0 atom stereocenters. The third-order valence-electron chi connectivity index (χ3n) is 4.40. The average Bonchev–Trinajstić information content (AvgIpc) is 2.74. The standard InChI is InChI=1S/C23H24N4O4/c1-4-16-6-9-18(26-21-12-15(3)24-14-25-21)13-20(16)27-22(28)17-7-10-19(11-8-17)31-23(29)30-5-2/h6-14H,4-5H2,1-3H3,(H,27,28)(H,24,25,26). The van der Waals surface area contributed by atoms with Crippen molar-refractivity contribution in [1.82, 2.24) is 9.97 Å². The van der Waals surface area contributed by atoms with Gasteiger partial charge in [0.25, 0.3) is 5.91 Å². The van der Waals surface area contributed by atoms with E-state index in [-0.39, 0.29) is 12.5 Å². The molecule has 2 aromatic carbocycles. The van der Waals surface area contributed by atoms with Crippen LogP contribution in [0.5, 0.6) is 5.75 Å². The van der Waals surface area contributed by atoms with Crippen LogP contribution < -0.4 is 15.4 Å². The Bertz CT molecular complexity index is 1070. The first-order valence-corrected chi connectivity index (χ1v) is 9.93. The fourth-order valence-corrected chi connectivity index (χ4v) is 2.86. The summed E-state index contributed by atoms with van der Waals surface area (Å²) in [5.41, 5.74) is 3.79. The van der Waals surface area contributed by atoms with Crippen molar-refractivity contribution in [1.29, 1.82) is 0 Å². The van der Waals surface area contributed by atoms with Gasteiger partial charge in [-0.15, -0.1) is 0 Å². The number of anilines is 3. The minimum absolute atomic E-state index is 0.226. The van der Waals surface area contributed by atoms with Gasteiger partial charge in [-0.05, 0) is 62.2 Å². The van der Waals surface area contributed by atoms with Gasteiger partial charge in [-0.2, -0.15) is 0 Å². The molecule has 0 aliphatic carbocycles. The second kappa shape index (κ2) is 10.2. The van der Waals surface area contributed by atoms with Crippen molar-refractivity contribution >= 4 is 29.3 Å². The smallest absolute Gasteiger partial charge is 0.434 e. The molecule has 8 heteroatoms. The van der Waals surface area contributed by atoms with E-state index in [1.165, 1.54) is 6.33 Å². The predicted molar refractivity (Wildman–Crippen MR) is 118 cm³/mol. The molecule has 8 nitrogen and oxygen atoms in total. The van der Waals surface area contributed by atoms with Crippen LogP contribution in [0.25, 0.3) is 0 Å². The quantitative estimate of drug-likeness (QED) is 0.415. The number of aromatic nitrogens is 2. The highest BCUT2D eigenvalue weighted by Gasteiger charge is 2.11. The van der Waals surface area contributed by atoms with E-state index in [2.05, 4.69) is 20.6 Å². The number of hydrogen-bond donors (Lipinski definition) is 2. The molecule has 0 fully saturated rings. The summed E-state index contributed by atoms with van der Waals surface area (Å²) in [5, 5.41) is 6.17. The first-order chi connectivity index (χ1) is 15.0. The monoisotopic (exact) mass is 420 g/mol. The molecule has 0 radical (unpaired) electrons. The Labute approximate surface area is 180 Å². The summed E-state index contributed by atoms with van der Waals surface area (Å²) in [4.78, 5) is 32.4. The van der Waals surface area contributed by atoms with Crippen LogP contribution in [0.3, 0.4) is 0 Å². The van der Waals surface area contributed by atoms with Gasteiger partial charge in [0.1, 0.15) is 17.9 Å². The number of hydrogen-bond acceptors (Lipinski definition) is 7. The van der Waals surface area contributed by atoms with E-state index in [0.29, 0.717) is 22.8 Å². The summed E-state index contributed by atoms with van der Waals surface area (Å²) in [6, 6.07) is 13.9. The molecule has 1 aromatic heterocycles. The van der Waals surface area contributed by atoms with Crippen LogP contribution in [-0.4, -0.2) is 28.6 Å². The predicted octanol–water partition coefficient (Wildman–Crippen LogP) is 4.88. The maximum Gasteiger partial charge on any atom is 0.513 e. The van der Waals surface area contributed by atoms with E-state index in [4.69, 9.17) is 9.47 Å². The highest BCUT2D eigenvalue weighted by Crippen LogP contribution is 2.25. The molecule has 0 bridgehead atoms. The molecular weight excluding hydrogens is 396 g/mol. The van der Waals surface area contributed by atoms with Crippen LogP contribution >= 0.6 is 0 Å². The molecule has 160 valence electrons. The zero-order valence-electron chi connectivity index (χ0n) is 17.6. The maximum absolute atomic E-state index is 12.7. The zero-order valence-corrected chi connectivity index (χ0v) is 17.6. The second-order valence-corrected chi connectivity index (χ2v) is 6.66. The van der Waals surface area contributed by atoms with Crippen molar-refractivity contribution in [3.05, 3.63) is 71.7 Å². The van der Waals surface area contributed by atoms with Gasteiger partial charge in [0.05, 0.1) is 6.61 Å². The Kier molecular flexibility index (Phi) is 7.16. The number of nitrogens with zero attached hydrogens (tertiary/aromatic N) is 2. The lowest BCUT2D eigenvalue weighted by Crippen LogP contribution is -2.14. The van der Waals surface area contributed by atoms with Gasteiger partial charge in [0.15, 0.2) is 0 Å². The van der Waals surface area contributed by atoms with E-state index in [9.17, 15) is 9.59 Å². The van der Waals surface area contributed by atoms with Gasteiger partial charge in [-0.25, -0.2) is 14.8 Å². The van der Waals surface area contributed by atoms with Gasteiger partial charge in [-0.1, -0.05) is 13.0 Å². The molecule has 1 amide bonds. The van der Waals surface area contributed by atoms with Crippen molar-refractivity contribution < 1.29 is 19.1 Å². The molecule has 0 saturated heterocycles.